The maximum atomic E-state index is 12.1. The number of benzene rings is 2. The molecule has 0 saturated heterocycles. The zero-order chi connectivity index (χ0) is 13.7. The summed E-state index contributed by atoms with van der Waals surface area (Å²) in [5.41, 5.74) is 3.17. The van der Waals surface area contributed by atoms with Gasteiger partial charge in [0.1, 0.15) is 0 Å². The lowest BCUT2D eigenvalue weighted by Crippen LogP contribution is -2.04. The predicted octanol–water partition coefficient (Wildman–Crippen LogP) is 4.31. The summed E-state index contributed by atoms with van der Waals surface area (Å²) >= 11 is 0. The Kier molecular flexibility index (Phi) is 4.51. The molecule has 2 aromatic rings. The van der Waals surface area contributed by atoms with Crippen LogP contribution in [0.25, 0.3) is 0 Å². The van der Waals surface area contributed by atoms with Crippen molar-refractivity contribution in [2.75, 3.05) is 0 Å². The van der Waals surface area contributed by atoms with E-state index < -0.39 is 0 Å². The summed E-state index contributed by atoms with van der Waals surface area (Å²) in [6, 6.07) is 17.9. The normalized spacial score (nSPS) is 10.7. The van der Waals surface area contributed by atoms with E-state index in [1.807, 2.05) is 42.5 Å². The van der Waals surface area contributed by atoms with Gasteiger partial charge >= 0.3 is 0 Å². The van der Waals surface area contributed by atoms with Gasteiger partial charge in [0, 0.05) is 12.0 Å². The van der Waals surface area contributed by atoms with E-state index in [0.717, 1.165) is 17.5 Å². The molecule has 0 unspecified atom stereocenters. The second-order valence-electron chi connectivity index (χ2n) is 5.38. The Bertz CT molecular complexity index is 523. The topological polar surface area (TPSA) is 17.1 Å². The SMILES string of the molecule is CC(C)Cc1ccc(C(=O)Cc2ccccc2)cc1. The van der Waals surface area contributed by atoms with Crippen molar-refractivity contribution in [2.45, 2.75) is 26.7 Å². The fourth-order valence-electron chi connectivity index (χ4n) is 2.18. The molecule has 0 spiro atoms. The molecule has 2 rings (SSSR count). The summed E-state index contributed by atoms with van der Waals surface area (Å²) in [5.74, 6) is 0.827. The zero-order valence-electron chi connectivity index (χ0n) is 11.6. The molecule has 0 heterocycles. The molecule has 0 atom stereocenters. The molecule has 0 bridgehead atoms. The molecule has 0 aliphatic heterocycles. The average Bonchev–Trinajstić information content (AvgIpc) is 2.40. The summed E-state index contributed by atoms with van der Waals surface area (Å²) in [7, 11) is 0. The van der Waals surface area contributed by atoms with Gasteiger partial charge in [-0.25, -0.2) is 0 Å². The minimum Gasteiger partial charge on any atom is -0.294 e. The van der Waals surface area contributed by atoms with Crippen LogP contribution in [-0.2, 0) is 12.8 Å². The van der Waals surface area contributed by atoms with Gasteiger partial charge in [-0.1, -0.05) is 68.4 Å². The van der Waals surface area contributed by atoms with Crippen molar-refractivity contribution in [3.8, 4) is 0 Å². The zero-order valence-corrected chi connectivity index (χ0v) is 11.6. The third kappa shape index (κ3) is 4.06. The van der Waals surface area contributed by atoms with Gasteiger partial charge in [0.05, 0.1) is 0 Å². The van der Waals surface area contributed by atoms with E-state index in [1.165, 1.54) is 5.56 Å². The molecule has 2 aromatic carbocycles. The van der Waals surface area contributed by atoms with Crippen LogP contribution in [-0.4, -0.2) is 5.78 Å². The monoisotopic (exact) mass is 252 g/mol. The van der Waals surface area contributed by atoms with E-state index in [9.17, 15) is 4.79 Å². The van der Waals surface area contributed by atoms with Crippen LogP contribution in [0.3, 0.4) is 0 Å². The van der Waals surface area contributed by atoms with Gasteiger partial charge in [-0.3, -0.25) is 4.79 Å². The van der Waals surface area contributed by atoms with Crippen LogP contribution in [0.15, 0.2) is 54.6 Å². The van der Waals surface area contributed by atoms with Crippen LogP contribution in [0, 0.1) is 5.92 Å². The molecular weight excluding hydrogens is 232 g/mol. The number of hydrogen-bond acceptors (Lipinski definition) is 1. The number of carbonyl (C=O) groups excluding carboxylic acids is 1. The molecule has 0 amide bonds. The molecule has 0 radical (unpaired) electrons. The highest BCUT2D eigenvalue weighted by atomic mass is 16.1. The molecule has 0 aromatic heterocycles. The maximum Gasteiger partial charge on any atom is 0.167 e. The van der Waals surface area contributed by atoms with Crippen molar-refractivity contribution in [3.63, 3.8) is 0 Å². The van der Waals surface area contributed by atoms with Gasteiger partial charge in [-0.2, -0.15) is 0 Å². The predicted molar refractivity (Wildman–Crippen MR) is 79.5 cm³/mol. The van der Waals surface area contributed by atoms with Crippen molar-refractivity contribution < 1.29 is 4.79 Å². The number of ketones is 1. The second-order valence-corrected chi connectivity index (χ2v) is 5.38. The van der Waals surface area contributed by atoms with Gasteiger partial charge < -0.3 is 0 Å². The maximum absolute atomic E-state index is 12.1. The Morgan fingerprint density at radius 1 is 0.895 bits per heavy atom. The van der Waals surface area contributed by atoms with E-state index in [-0.39, 0.29) is 5.78 Å². The van der Waals surface area contributed by atoms with Crippen LogP contribution in [0.4, 0.5) is 0 Å². The van der Waals surface area contributed by atoms with Gasteiger partial charge in [-0.15, -0.1) is 0 Å². The van der Waals surface area contributed by atoms with Crippen molar-refractivity contribution in [1.82, 2.24) is 0 Å². The first-order valence-electron chi connectivity index (χ1n) is 6.81. The third-order valence-corrected chi connectivity index (χ3v) is 3.13. The van der Waals surface area contributed by atoms with E-state index >= 15 is 0 Å². The fraction of sp³-hybridized carbons (Fsp3) is 0.278. The van der Waals surface area contributed by atoms with Crippen LogP contribution < -0.4 is 0 Å². The molecule has 0 aliphatic carbocycles. The average molecular weight is 252 g/mol. The highest BCUT2D eigenvalue weighted by Gasteiger charge is 2.07. The lowest BCUT2D eigenvalue weighted by atomic mass is 9.98. The van der Waals surface area contributed by atoms with Gasteiger partial charge in [0.25, 0.3) is 0 Å². The molecule has 98 valence electrons. The van der Waals surface area contributed by atoms with E-state index in [0.29, 0.717) is 12.3 Å². The van der Waals surface area contributed by atoms with E-state index in [2.05, 4.69) is 26.0 Å². The quantitative estimate of drug-likeness (QED) is 0.725. The van der Waals surface area contributed by atoms with Crippen LogP contribution in [0.2, 0.25) is 0 Å². The number of hydrogen-bond donors (Lipinski definition) is 0. The van der Waals surface area contributed by atoms with Crippen LogP contribution in [0.1, 0.15) is 35.3 Å². The summed E-state index contributed by atoms with van der Waals surface area (Å²) < 4.78 is 0. The second kappa shape index (κ2) is 6.33. The smallest absolute Gasteiger partial charge is 0.167 e. The minimum atomic E-state index is 0.183. The standard InChI is InChI=1S/C18H20O/c1-14(2)12-16-8-10-17(11-9-16)18(19)13-15-6-4-3-5-7-15/h3-11,14H,12-13H2,1-2H3. The van der Waals surface area contributed by atoms with Gasteiger partial charge in [0.2, 0.25) is 0 Å². The number of rotatable bonds is 5. The Labute approximate surface area is 115 Å². The molecular formula is C18H20O. The first kappa shape index (κ1) is 13.5. The molecule has 1 nitrogen and oxygen atoms in total. The van der Waals surface area contributed by atoms with Gasteiger partial charge in [-0.05, 0) is 23.5 Å². The number of Topliss-reactive ketones (excluding diaryl/α,β-unsaturated/α-hetero) is 1. The van der Waals surface area contributed by atoms with Crippen LogP contribution >= 0.6 is 0 Å². The molecule has 0 aliphatic rings. The lowest BCUT2D eigenvalue weighted by Gasteiger charge is -2.06. The van der Waals surface area contributed by atoms with Crippen molar-refractivity contribution in [1.29, 1.82) is 0 Å². The highest BCUT2D eigenvalue weighted by Crippen LogP contribution is 2.12. The third-order valence-electron chi connectivity index (χ3n) is 3.13. The van der Waals surface area contributed by atoms with Crippen molar-refractivity contribution in [3.05, 3.63) is 71.3 Å². The molecule has 19 heavy (non-hydrogen) atoms. The van der Waals surface area contributed by atoms with Crippen molar-refractivity contribution in [2.24, 2.45) is 5.92 Å². The van der Waals surface area contributed by atoms with Crippen molar-refractivity contribution >= 4 is 5.78 Å². The first-order valence-corrected chi connectivity index (χ1v) is 6.81. The summed E-state index contributed by atoms with van der Waals surface area (Å²) in [6.45, 7) is 4.41. The largest absolute Gasteiger partial charge is 0.294 e. The Morgan fingerprint density at radius 3 is 2.11 bits per heavy atom. The summed E-state index contributed by atoms with van der Waals surface area (Å²) in [6.07, 6.45) is 1.54. The molecule has 1 heteroatoms. The molecule has 0 fully saturated rings. The summed E-state index contributed by atoms with van der Waals surface area (Å²) in [5, 5.41) is 0. The van der Waals surface area contributed by atoms with Gasteiger partial charge in [0.15, 0.2) is 5.78 Å². The lowest BCUT2D eigenvalue weighted by molar-refractivity contribution is 0.0993. The fourth-order valence-corrected chi connectivity index (χ4v) is 2.18. The highest BCUT2D eigenvalue weighted by molar-refractivity contribution is 5.97. The van der Waals surface area contributed by atoms with E-state index in [1.54, 1.807) is 0 Å². The Morgan fingerprint density at radius 2 is 1.53 bits per heavy atom. The molecule has 0 N–H and O–H groups in total. The Balaban J connectivity index is 2.04. The summed E-state index contributed by atoms with van der Waals surface area (Å²) in [4.78, 5) is 12.1. The van der Waals surface area contributed by atoms with E-state index in [4.69, 9.17) is 0 Å². The van der Waals surface area contributed by atoms with Crippen LogP contribution in [0.5, 0.6) is 0 Å². The number of carbonyl (C=O) groups is 1. The minimum absolute atomic E-state index is 0.183. The Hall–Kier alpha value is -1.89. The molecule has 0 saturated carbocycles. The first-order chi connectivity index (χ1) is 9.15.